The normalized spacial score (nSPS) is 18.9. The SMILES string of the molecule is Nc1cccc(C(=O)NCC(C2CC2)C2CC2)n1. The van der Waals surface area contributed by atoms with Crippen molar-refractivity contribution < 1.29 is 4.79 Å². The number of pyridine rings is 1. The molecule has 4 heteroatoms. The van der Waals surface area contributed by atoms with E-state index in [1.54, 1.807) is 18.2 Å². The first-order chi connectivity index (χ1) is 8.74. The number of nitrogens with one attached hydrogen (secondary N) is 1. The standard InChI is InChI=1S/C14H19N3O/c15-13-3-1-2-12(17-13)14(18)16-8-11(9-4-5-9)10-6-7-10/h1-3,9-11H,4-8H2,(H2,15,17)(H,16,18). The van der Waals surface area contributed by atoms with Gasteiger partial charge in [0.25, 0.3) is 5.91 Å². The van der Waals surface area contributed by atoms with Gasteiger partial charge < -0.3 is 11.1 Å². The zero-order valence-electron chi connectivity index (χ0n) is 10.4. The second kappa shape index (κ2) is 4.59. The van der Waals surface area contributed by atoms with Crippen molar-refractivity contribution in [2.24, 2.45) is 17.8 Å². The van der Waals surface area contributed by atoms with Gasteiger partial charge in [-0.3, -0.25) is 4.79 Å². The van der Waals surface area contributed by atoms with Crippen LogP contribution in [0.2, 0.25) is 0 Å². The van der Waals surface area contributed by atoms with E-state index in [0.717, 1.165) is 18.4 Å². The van der Waals surface area contributed by atoms with Crippen LogP contribution < -0.4 is 11.1 Å². The number of carbonyl (C=O) groups excluding carboxylic acids is 1. The van der Waals surface area contributed by atoms with Gasteiger partial charge in [0.2, 0.25) is 0 Å². The minimum absolute atomic E-state index is 0.103. The minimum atomic E-state index is -0.103. The van der Waals surface area contributed by atoms with Crippen LogP contribution in [0, 0.1) is 17.8 Å². The minimum Gasteiger partial charge on any atom is -0.384 e. The lowest BCUT2D eigenvalue weighted by atomic mass is 9.98. The van der Waals surface area contributed by atoms with Crippen molar-refractivity contribution in [3.8, 4) is 0 Å². The second-order valence-corrected chi connectivity index (χ2v) is 5.50. The number of amides is 1. The zero-order valence-corrected chi connectivity index (χ0v) is 10.4. The van der Waals surface area contributed by atoms with Gasteiger partial charge in [-0.25, -0.2) is 4.98 Å². The van der Waals surface area contributed by atoms with Gasteiger partial charge in [-0.1, -0.05) is 6.07 Å². The van der Waals surface area contributed by atoms with E-state index < -0.39 is 0 Å². The van der Waals surface area contributed by atoms with Crippen LogP contribution in [0.1, 0.15) is 36.2 Å². The Labute approximate surface area is 107 Å². The molecule has 1 aromatic rings. The largest absolute Gasteiger partial charge is 0.384 e. The molecule has 2 saturated carbocycles. The smallest absolute Gasteiger partial charge is 0.269 e. The molecule has 1 amide bonds. The third-order valence-electron chi connectivity index (χ3n) is 3.96. The molecule has 0 radical (unpaired) electrons. The van der Waals surface area contributed by atoms with E-state index in [4.69, 9.17) is 5.73 Å². The number of hydrogen-bond acceptors (Lipinski definition) is 3. The summed E-state index contributed by atoms with van der Waals surface area (Å²) in [6.45, 7) is 0.796. The fraction of sp³-hybridized carbons (Fsp3) is 0.571. The van der Waals surface area contributed by atoms with E-state index in [2.05, 4.69) is 10.3 Å². The molecule has 2 aliphatic carbocycles. The highest BCUT2D eigenvalue weighted by Crippen LogP contribution is 2.48. The summed E-state index contributed by atoms with van der Waals surface area (Å²) in [4.78, 5) is 16.0. The van der Waals surface area contributed by atoms with E-state index in [-0.39, 0.29) is 5.91 Å². The van der Waals surface area contributed by atoms with Crippen LogP contribution >= 0.6 is 0 Å². The number of hydrogen-bond donors (Lipinski definition) is 2. The van der Waals surface area contributed by atoms with E-state index in [9.17, 15) is 4.79 Å². The second-order valence-electron chi connectivity index (χ2n) is 5.50. The molecule has 2 aliphatic rings. The number of anilines is 1. The Kier molecular flexibility index (Phi) is 2.94. The van der Waals surface area contributed by atoms with Gasteiger partial charge in [0.15, 0.2) is 0 Å². The lowest BCUT2D eigenvalue weighted by Gasteiger charge is -2.15. The van der Waals surface area contributed by atoms with Crippen LogP contribution in [0.15, 0.2) is 18.2 Å². The van der Waals surface area contributed by atoms with Crippen molar-refractivity contribution in [2.75, 3.05) is 12.3 Å². The van der Waals surface area contributed by atoms with E-state index in [0.29, 0.717) is 17.4 Å². The molecule has 0 aromatic carbocycles. The Hall–Kier alpha value is -1.58. The Bertz CT molecular complexity index is 440. The maximum atomic E-state index is 12.0. The van der Waals surface area contributed by atoms with Crippen molar-refractivity contribution >= 4 is 11.7 Å². The molecule has 0 atom stereocenters. The quantitative estimate of drug-likeness (QED) is 0.831. The molecule has 0 bridgehead atoms. The highest BCUT2D eigenvalue weighted by atomic mass is 16.1. The van der Waals surface area contributed by atoms with Gasteiger partial charge in [-0.15, -0.1) is 0 Å². The lowest BCUT2D eigenvalue weighted by Crippen LogP contribution is -2.31. The topological polar surface area (TPSA) is 68.0 Å². The molecule has 3 rings (SSSR count). The van der Waals surface area contributed by atoms with Crippen LogP contribution in [0.3, 0.4) is 0 Å². The number of nitrogens with zero attached hydrogens (tertiary/aromatic N) is 1. The van der Waals surface area contributed by atoms with Gasteiger partial charge in [0.05, 0.1) is 0 Å². The summed E-state index contributed by atoms with van der Waals surface area (Å²) in [6.07, 6.45) is 5.36. The Morgan fingerprint density at radius 2 is 2.00 bits per heavy atom. The number of rotatable bonds is 5. The predicted molar refractivity (Wildman–Crippen MR) is 69.9 cm³/mol. The molecule has 1 heterocycles. The van der Waals surface area contributed by atoms with Crippen molar-refractivity contribution in [3.05, 3.63) is 23.9 Å². The van der Waals surface area contributed by atoms with Crippen molar-refractivity contribution in [1.29, 1.82) is 0 Å². The number of carbonyl (C=O) groups is 1. The average molecular weight is 245 g/mol. The van der Waals surface area contributed by atoms with Crippen molar-refractivity contribution in [3.63, 3.8) is 0 Å². The molecule has 0 unspecified atom stereocenters. The summed E-state index contributed by atoms with van der Waals surface area (Å²) in [6, 6.07) is 5.15. The van der Waals surface area contributed by atoms with Crippen molar-refractivity contribution in [1.82, 2.24) is 10.3 Å². The van der Waals surface area contributed by atoms with Gasteiger partial charge >= 0.3 is 0 Å². The Balaban J connectivity index is 1.57. The zero-order chi connectivity index (χ0) is 12.5. The predicted octanol–water partition coefficient (Wildman–Crippen LogP) is 1.83. The molecule has 18 heavy (non-hydrogen) atoms. The van der Waals surface area contributed by atoms with Crippen LogP contribution in [-0.4, -0.2) is 17.4 Å². The molecule has 3 N–H and O–H groups in total. The van der Waals surface area contributed by atoms with E-state index in [1.807, 2.05) is 0 Å². The Morgan fingerprint density at radius 3 is 2.56 bits per heavy atom. The third kappa shape index (κ3) is 2.63. The van der Waals surface area contributed by atoms with Gasteiger partial charge in [0.1, 0.15) is 11.5 Å². The highest BCUT2D eigenvalue weighted by Gasteiger charge is 2.41. The summed E-state index contributed by atoms with van der Waals surface area (Å²) in [5, 5.41) is 3.01. The van der Waals surface area contributed by atoms with Gasteiger partial charge in [-0.2, -0.15) is 0 Å². The lowest BCUT2D eigenvalue weighted by molar-refractivity contribution is 0.0938. The maximum absolute atomic E-state index is 12.0. The molecule has 0 aliphatic heterocycles. The van der Waals surface area contributed by atoms with Crippen molar-refractivity contribution in [2.45, 2.75) is 25.7 Å². The monoisotopic (exact) mass is 245 g/mol. The summed E-state index contributed by atoms with van der Waals surface area (Å²) < 4.78 is 0. The number of nitrogens with two attached hydrogens (primary N) is 1. The summed E-state index contributed by atoms with van der Waals surface area (Å²) in [7, 11) is 0. The highest BCUT2D eigenvalue weighted by molar-refractivity contribution is 5.92. The summed E-state index contributed by atoms with van der Waals surface area (Å²) in [5.41, 5.74) is 5.99. The van der Waals surface area contributed by atoms with Gasteiger partial charge in [-0.05, 0) is 55.6 Å². The molecule has 0 spiro atoms. The number of aromatic nitrogens is 1. The molecule has 0 saturated heterocycles. The molecule has 4 nitrogen and oxygen atoms in total. The fourth-order valence-electron chi connectivity index (χ4n) is 2.65. The number of nitrogen functional groups attached to an aromatic ring is 1. The fourth-order valence-corrected chi connectivity index (χ4v) is 2.65. The molecule has 96 valence electrons. The molecule has 1 aromatic heterocycles. The molecular formula is C14H19N3O. The first-order valence-corrected chi connectivity index (χ1v) is 6.75. The molecule has 2 fully saturated rings. The average Bonchev–Trinajstić information content (AvgIpc) is 3.23. The van der Waals surface area contributed by atoms with Gasteiger partial charge in [0, 0.05) is 6.54 Å². The first kappa shape index (κ1) is 11.5. The Morgan fingerprint density at radius 1 is 1.33 bits per heavy atom. The third-order valence-corrected chi connectivity index (χ3v) is 3.96. The van der Waals surface area contributed by atoms with Crippen LogP contribution in [0.25, 0.3) is 0 Å². The first-order valence-electron chi connectivity index (χ1n) is 6.75. The van der Waals surface area contributed by atoms with Crippen LogP contribution in [0.5, 0.6) is 0 Å². The van der Waals surface area contributed by atoms with Crippen LogP contribution in [0.4, 0.5) is 5.82 Å². The van der Waals surface area contributed by atoms with E-state index in [1.165, 1.54) is 25.7 Å². The summed E-state index contributed by atoms with van der Waals surface area (Å²) in [5.74, 6) is 2.69. The van der Waals surface area contributed by atoms with Crippen LogP contribution in [-0.2, 0) is 0 Å². The maximum Gasteiger partial charge on any atom is 0.269 e. The summed E-state index contributed by atoms with van der Waals surface area (Å²) >= 11 is 0. The van der Waals surface area contributed by atoms with E-state index >= 15 is 0 Å². The molecular weight excluding hydrogens is 226 g/mol.